The van der Waals surface area contributed by atoms with E-state index in [1.165, 1.54) is 4.90 Å². The second-order valence-electron chi connectivity index (χ2n) is 8.19. The van der Waals surface area contributed by atoms with Crippen molar-refractivity contribution in [3.8, 4) is 0 Å². The number of halogens is 1. The molecule has 1 N–H and O–H groups in total. The van der Waals surface area contributed by atoms with Crippen LogP contribution in [-0.4, -0.2) is 50.0 Å². The number of hydrogen-bond donors (Lipinski definition) is 1. The van der Waals surface area contributed by atoms with Crippen LogP contribution >= 0.6 is 11.6 Å². The molecule has 0 saturated carbocycles. The molecule has 2 rings (SSSR count). The van der Waals surface area contributed by atoms with Crippen LogP contribution in [0.1, 0.15) is 38.3 Å². The monoisotopic (exact) mass is 493 g/mol. The molecular weight excluding hydrogens is 462 g/mol. The van der Waals surface area contributed by atoms with Gasteiger partial charge in [-0.2, -0.15) is 0 Å². The Morgan fingerprint density at radius 2 is 1.67 bits per heavy atom. The molecule has 2 amide bonds. The first-order valence-corrected chi connectivity index (χ1v) is 13.0. The standard InChI is InChI=1S/C24H32ClN3O4S/c1-6-18(3)26-24(30)19(4)27(15-20-10-8-7-9-17(20)2)23(29)16-28(33(5,31)32)22-13-11-21(25)12-14-22/h7-14,18-19H,6,15-16H2,1-5H3,(H,26,30)/t18-,19-/m0/s1. The van der Waals surface area contributed by atoms with Gasteiger partial charge in [0.25, 0.3) is 0 Å². The molecule has 2 atom stereocenters. The lowest BCUT2D eigenvalue weighted by molar-refractivity contribution is -0.139. The molecule has 0 saturated heterocycles. The van der Waals surface area contributed by atoms with Gasteiger partial charge in [-0.25, -0.2) is 8.42 Å². The van der Waals surface area contributed by atoms with Gasteiger partial charge in [0.1, 0.15) is 12.6 Å². The van der Waals surface area contributed by atoms with Gasteiger partial charge in [0.2, 0.25) is 21.8 Å². The minimum Gasteiger partial charge on any atom is -0.352 e. The summed E-state index contributed by atoms with van der Waals surface area (Å²) in [5.74, 6) is -0.769. The van der Waals surface area contributed by atoms with E-state index in [1.807, 2.05) is 45.0 Å². The molecule has 0 aliphatic heterocycles. The van der Waals surface area contributed by atoms with E-state index in [1.54, 1.807) is 31.2 Å². The fourth-order valence-corrected chi connectivity index (χ4v) is 4.22. The molecule has 0 aromatic heterocycles. The molecule has 0 unspecified atom stereocenters. The van der Waals surface area contributed by atoms with E-state index in [0.29, 0.717) is 10.7 Å². The summed E-state index contributed by atoms with van der Waals surface area (Å²) in [6.45, 7) is 7.18. The van der Waals surface area contributed by atoms with Crippen molar-refractivity contribution >= 4 is 39.1 Å². The average molecular weight is 494 g/mol. The second-order valence-corrected chi connectivity index (χ2v) is 10.5. The lowest BCUT2D eigenvalue weighted by atomic mass is 10.1. The van der Waals surface area contributed by atoms with Crippen molar-refractivity contribution in [1.82, 2.24) is 10.2 Å². The number of benzene rings is 2. The van der Waals surface area contributed by atoms with Gasteiger partial charge in [0, 0.05) is 17.6 Å². The van der Waals surface area contributed by atoms with E-state index in [-0.39, 0.29) is 18.5 Å². The number of rotatable bonds is 10. The van der Waals surface area contributed by atoms with E-state index in [4.69, 9.17) is 11.6 Å². The lowest BCUT2D eigenvalue weighted by Gasteiger charge is -2.32. The van der Waals surface area contributed by atoms with Crippen LogP contribution < -0.4 is 9.62 Å². The minimum atomic E-state index is -3.77. The quantitative estimate of drug-likeness (QED) is 0.546. The molecule has 0 aliphatic rings. The first-order valence-electron chi connectivity index (χ1n) is 10.8. The van der Waals surface area contributed by atoms with Crippen LogP contribution in [0.4, 0.5) is 5.69 Å². The van der Waals surface area contributed by atoms with Crippen molar-refractivity contribution in [2.24, 2.45) is 0 Å². The van der Waals surface area contributed by atoms with E-state index >= 15 is 0 Å². The highest BCUT2D eigenvalue weighted by Gasteiger charge is 2.30. The van der Waals surface area contributed by atoms with Gasteiger partial charge in [0.05, 0.1) is 11.9 Å². The number of nitrogens with zero attached hydrogens (tertiary/aromatic N) is 2. The Bertz CT molecular complexity index is 1070. The zero-order chi connectivity index (χ0) is 24.8. The van der Waals surface area contributed by atoms with Gasteiger partial charge < -0.3 is 10.2 Å². The second kappa shape index (κ2) is 11.5. The zero-order valence-corrected chi connectivity index (χ0v) is 21.3. The van der Waals surface area contributed by atoms with Crippen LogP contribution in [0.15, 0.2) is 48.5 Å². The van der Waals surface area contributed by atoms with Crippen LogP contribution in [0.2, 0.25) is 5.02 Å². The summed E-state index contributed by atoms with van der Waals surface area (Å²) in [4.78, 5) is 27.8. The predicted molar refractivity (Wildman–Crippen MR) is 133 cm³/mol. The molecule has 0 radical (unpaired) electrons. The summed E-state index contributed by atoms with van der Waals surface area (Å²) < 4.78 is 26.1. The molecule has 9 heteroatoms. The van der Waals surface area contributed by atoms with E-state index in [9.17, 15) is 18.0 Å². The largest absolute Gasteiger partial charge is 0.352 e. The number of aryl methyl sites for hydroxylation is 1. The molecule has 0 bridgehead atoms. The summed E-state index contributed by atoms with van der Waals surface area (Å²) in [6, 6.07) is 13.0. The fourth-order valence-electron chi connectivity index (χ4n) is 3.24. The van der Waals surface area contributed by atoms with Crippen molar-refractivity contribution in [2.45, 2.75) is 52.7 Å². The third-order valence-corrected chi connectivity index (χ3v) is 6.96. The highest BCUT2D eigenvalue weighted by atomic mass is 35.5. The van der Waals surface area contributed by atoms with Gasteiger partial charge in [-0.15, -0.1) is 0 Å². The number of carbonyl (C=O) groups is 2. The molecule has 7 nitrogen and oxygen atoms in total. The highest BCUT2D eigenvalue weighted by molar-refractivity contribution is 7.92. The normalized spacial score (nSPS) is 13.2. The maximum atomic E-state index is 13.5. The Labute approximate surface area is 201 Å². The van der Waals surface area contributed by atoms with Crippen LogP contribution in [0.3, 0.4) is 0 Å². The van der Waals surface area contributed by atoms with Crippen molar-refractivity contribution in [3.63, 3.8) is 0 Å². The van der Waals surface area contributed by atoms with Gasteiger partial charge >= 0.3 is 0 Å². The summed E-state index contributed by atoms with van der Waals surface area (Å²) in [5.41, 5.74) is 2.18. The topological polar surface area (TPSA) is 86.8 Å². The van der Waals surface area contributed by atoms with Crippen molar-refractivity contribution in [3.05, 3.63) is 64.7 Å². The number of sulfonamides is 1. The molecule has 0 spiro atoms. The highest BCUT2D eigenvalue weighted by Crippen LogP contribution is 2.22. The Balaban J connectivity index is 2.39. The van der Waals surface area contributed by atoms with Crippen LogP contribution in [0.25, 0.3) is 0 Å². The van der Waals surface area contributed by atoms with E-state index < -0.39 is 28.5 Å². The minimum absolute atomic E-state index is 0.0445. The SMILES string of the molecule is CC[C@H](C)NC(=O)[C@H](C)N(Cc1ccccc1C)C(=O)CN(c1ccc(Cl)cc1)S(C)(=O)=O. The van der Waals surface area contributed by atoms with Crippen LogP contribution in [0, 0.1) is 6.92 Å². The number of hydrogen-bond acceptors (Lipinski definition) is 4. The lowest BCUT2D eigenvalue weighted by Crippen LogP contribution is -2.52. The fraction of sp³-hybridized carbons (Fsp3) is 0.417. The maximum Gasteiger partial charge on any atom is 0.244 e. The number of amides is 2. The first-order chi connectivity index (χ1) is 15.4. The van der Waals surface area contributed by atoms with Gasteiger partial charge in [-0.1, -0.05) is 42.8 Å². The first kappa shape index (κ1) is 26.7. The molecule has 2 aromatic carbocycles. The number of carbonyl (C=O) groups excluding carboxylic acids is 2. The molecule has 0 heterocycles. The third-order valence-electron chi connectivity index (χ3n) is 5.56. The van der Waals surface area contributed by atoms with E-state index in [0.717, 1.165) is 28.1 Å². The Hall–Kier alpha value is -2.58. The van der Waals surface area contributed by atoms with Crippen LogP contribution in [-0.2, 0) is 26.2 Å². The van der Waals surface area contributed by atoms with E-state index in [2.05, 4.69) is 5.32 Å². The zero-order valence-electron chi connectivity index (χ0n) is 19.7. The van der Waals surface area contributed by atoms with Crippen molar-refractivity contribution in [2.75, 3.05) is 17.1 Å². The molecule has 0 fully saturated rings. The molecular formula is C24H32ClN3O4S. The van der Waals surface area contributed by atoms with Crippen LogP contribution in [0.5, 0.6) is 0 Å². The Kier molecular flexibility index (Phi) is 9.31. The third kappa shape index (κ3) is 7.47. The summed E-state index contributed by atoms with van der Waals surface area (Å²) in [5, 5.41) is 3.36. The molecule has 2 aromatic rings. The van der Waals surface area contributed by atoms with Gasteiger partial charge in [0.15, 0.2) is 0 Å². The smallest absolute Gasteiger partial charge is 0.244 e. The predicted octanol–water partition coefficient (Wildman–Crippen LogP) is 3.75. The van der Waals surface area contributed by atoms with Gasteiger partial charge in [-0.3, -0.25) is 13.9 Å². The molecule has 33 heavy (non-hydrogen) atoms. The Morgan fingerprint density at radius 1 is 1.06 bits per heavy atom. The summed E-state index contributed by atoms with van der Waals surface area (Å²) in [7, 11) is -3.77. The van der Waals surface area contributed by atoms with Gasteiger partial charge in [-0.05, 0) is 62.6 Å². The number of nitrogens with one attached hydrogen (secondary N) is 1. The summed E-state index contributed by atoms with van der Waals surface area (Å²) in [6.07, 6.45) is 1.79. The Morgan fingerprint density at radius 3 is 2.21 bits per heavy atom. The van der Waals surface area contributed by atoms with Crippen molar-refractivity contribution < 1.29 is 18.0 Å². The molecule has 0 aliphatic carbocycles. The number of anilines is 1. The molecule has 180 valence electrons. The summed E-state index contributed by atoms with van der Waals surface area (Å²) >= 11 is 5.93. The average Bonchev–Trinajstić information content (AvgIpc) is 2.76. The maximum absolute atomic E-state index is 13.5. The van der Waals surface area contributed by atoms with Crippen molar-refractivity contribution in [1.29, 1.82) is 0 Å².